The standard InChI is InChI=1S/C20H24ClNO/c1-4-19(17-10-9-14(2)15(3)13-17)22-20(23)12-11-16-7-5-6-8-18(16)21/h5-10,13,19H,4,11-12H2,1-3H3,(H,22,23)/t19-/m0/s1. The maximum absolute atomic E-state index is 12.3. The summed E-state index contributed by atoms with van der Waals surface area (Å²) in [5, 5.41) is 3.86. The smallest absolute Gasteiger partial charge is 0.220 e. The van der Waals surface area contributed by atoms with Crippen LogP contribution in [0.3, 0.4) is 0 Å². The number of aryl methyl sites for hydroxylation is 3. The van der Waals surface area contributed by atoms with E-state index in [1.165, 1.54) is 16.7 Å². The van der Waals surface area contributed by atoms with Gasteiger partial charge in [0.2, 0.25) is 5.91 Å². The van der Waals surface area contributed by atoms with Crippen molar-refractivity contribution in [3.8, 4) is 0 Å². The fraction of sp³-hybridized carbons (Fsp3) is 0.350. The molecule has 0 radical (unpaired) electrons. The second-order valence-electron chi connectivity index (χ2n) is 5.96. The highest BCUT2D eigenvalue weighted by atomic mass is 35.5. The molecule has 0 aliphatic rings. The van der Waals surface area contributed by atoms with Crippen molar-refractivity contribution in [1.82, 2.24) is 5.32 Å². The number of nitrogens with one attached hydrogen (secondary N) is 1. The lowest BCUT2D eigenvalue weighted by Crippen LogP contribution is -2.28. The molecule has 0 saturated heterocycles. The van der Waals surface area contributed by atoms with Crippen LogP contribution in [0.25, 0.3) is 0 Å². The number of carbonyl (C=O) groups excluding carboxylic acids is 1. The summed E-state index contributed by atoms with van der Waals surface area (Å²) in [6, 6.07) is 14.1. The molecular weight excluding hydrogens is 306 g/mol. The Morgan fingerprint density at radius 1 is 1.13 bits per heavy atom. The van der Waals surface area contributed by atoms with Crippen LogP contribution in [0.15, 0.2) is 42.5 Å². The lowest BCUT2D eigenvalue weighted by Gasteiger charge is -2.19. The lowest BCUT2D eigenvalue weighted by atomic mass is 9.99. The van der Waals surface area contributed by atoms with Crippen molar-refractivity contribution in [1.29, 1.82) is 0 Å². The molecule has 0 spiro atoms. The molecule has 0 aromatic heterocycles. The van der Waals surface area contributed by atoms with E-state index in [4.69, 9.17) is 11.6 Å². The Balaban J connectivity index is 1.97. The first-order valence-electron chi connectivity index (χ1n) is 8.11. The van der Waals surface area contributed by atoms with Crippen molar-refractivity contribution in [2.45, 2.75) is 46.1 Å². The Kier molecular flexibility index (Phi) is 6.23. The lowest BCUT2D eigenvalue weighted by molar-refractivity contribution is -0.121. The van der Waals surface area contributed by atoms with Gasteiger partial charge in [-0.25, -0.2) is 0 Å². The molecule has 1 amide bonds. The SMILES string of the molecule is CC[C@H](NC(=O)CCc1ccccc1Cl)c1ccc(C)c(C)c1. The van der Waals surface area contributed by atoms with Gasteiger partial charge in [0.1, 0.15) is 0 Å². The number of carbonyl (C=O) groups is 1. The molecule has 0 saturated carbocycles. The van der Waals surface area contributed by atoms with Gasteiger partial charge in [0, 0.05) is 11.4 Å². The van der Waals surface area contributed by atoms with Crippen molar-refractivity contribution in [3.05, 3.63) is 69.7 Å². The minimum Gasteiger partial charge on any atom is -0.349 e. The van der Waals surface area contributed by atoms with Gasteiger partial charge in [-0.3, -0.25) is 4.79 Å². The zero-order valence-corrected chi connectivity index (χ0v) is 14.8. The second kappa shape index (κ2) is 8.16. The van der Waals surface area contributed by atoms with Gasteiger partial charge in [0.15, 0.2) is 0 Å². The van der Waals surface area contributed by atoms with Crippen LogP contribution in [0.2, 0.25) is 5.02 Å². The molecule has 0 fully saturated rings. The third-order valence-electron chi connectivity index (χ3n) is 4.26. The van der Waals surface area contributed by atoms with E-state index in [0.29, 0.717) is 12.8 Å². The summed E-state index contributed by atoms with van der Waals surface area (Å²) < 4.78 is 0. The van der Waals surface area contributed by atoms with Gasteiger partial charge in [-0.15, -0.1) is 0 Å². The average molecular weight is 330 g/mol. The molecular formula is C20H24ClNO. The van der Waals surface area contributed by atoms with Crippen LogP contribution in [0, 0.1) is 13.8 Å². The number of halogens is 1. The summed E-state index contributed by atoms with van der Waals surface area (Å²) in [6.07, 6.45) is 1.99. The van der Waals surface area contributed by atoms with E-state index in [0.717, 1.165) is 17.0 Å². The first-order chi connectivity index (χ1) is 11.0. The van der Waals surface area contributed by atoms with Gasteiger partial charge in [-0.1, -0.05) is 54.9 Å². The van der Waals surface area contributed by atoms with Gasteiger partial charge in [-0.05, 0) is 55.0 Å². The molecule has 2 nitrogen and oxygen atoms in total. The summed E-state index contributed by atoms with van der Waals surface area (Å²) in [5.74, 6) is 0.0648. The van der Waals surface area contributed by atoms with Crippen molar-refractivity contribution >= 4 is 17.5 Å². The predicted molar refractivity (Wildman–Crippen MR) is 96.9 cm³/mol. The van der Waals surface area contributed by atoms with Crippen LogP contribution in [0.5, 0.6) is 0 Å². The maximum atomic E-state index is 12.3. The third-order valence-corrected chi connectivity index (χ3v) is 4.62. The number of hydrogen-bond acceptors (Lipinski definition) is 1. The number of rotatable bonds is 6. The topological polar surface area (TPSA) is 29.1 Å². The molecule has 0 aliphatic heterocycles. The zero-order valence-electron chi connectivity index (χ0n) is 14.0. The molecule has 0 unspecified atom stereocenters. The Labute approximate surface area is 143 Å². The highest BCUT2D eigenvalue weighted by Gasteiger charge is 2.13. The Hall–Kier alpha value is -1.80. The summed E-state index contributed by atoms with van der Waals surface area (Å²) in [7, 11) is 0. The zero-order chi connectivity index (χ0) is 16.8. The van der Waals surface area contributed by atoms with Crippen LogP contribution < -0.4 is 5.32 Å². The fourth-order valence-electron chi connectivity index (χ4n) is 2.62. The predicted octanol–water partition coefficient (Wildman–Crippen LogP) is 5.16. The first kappa shape index (κ1) is 17.6. The molecule has 0 bridgehead atoms. The molecule has 23 heavy (non-hydrogen) atoms. The summed E-state index contributed by atoms with van der Waals surface area (Å²) >= 11 is 6.14. The summed E-state index contributed by atoms with van der Waals surface area (Å²) in [6.45, 7) is 6.29. The molecule has 3 heteroatoms. The van der Waals surface area contributed by atoms with Gasteiger partial charge in [-0.2, -0.15) is 0 Å². The van der Waals surface area contributed by atoms with Gasteiger partial charge in [0.25, 0.3) is 0 Å². The third kappa shape index (κ3) is 4.84. The number of hydrogen-bond donors (Lipinski definition) is 1. The van der Waals surface area contributed by atoms with E-state index in [2.05, 4.69) is 44.3 Å². The highest BCUT2D eigenvalue weighted by Crippen LogP contribution is 2.21. The molecule has 2 aromatic carbocycles. The second-order valence-corrected chi connectivity index (χ2v) is 6.37. The Morgan fingerprint density at radius 2 is 1.87 bits per heavy atom. The molecule has 1 N–H and O–H groups in total. The van der Waals surface area contributed by atoms with Crippen LogP contribution >= 0.6 is 11.6 Å². The fourth-order valence-corrected chi connectivity index (χ4v) is 2.85. The molecule has 0 heterocycles. The molecule has 2 aromatic rings. The van der Waals surface area contributed by atoms with Crippen molar-refractivity contribution in [2.24, 2.45) is 0 Å². The summed E-state index contributed by atoms with van der Waals surface area (Å²) in [4.78, 5) is 12.3. The van der Waals surface area contributed by atoms with Crippen LogP contribution in [-0.4, -0.2) is 5.91 Å². The van der Waals surface area contributed by atoms with Crippen LogP contribution in [-0.2, 0) is 11.2 Å². The van der Waals surface area contributed by atoms with E-state index in [1.807, 2.05) is 24.3 Å². The van der Waals surface area contributed by atoms with Gasteiger partial charge < -0.3 is 5.32 Å². The van der Waals surface area contributed by atoms with Gasteiger partial charge >= 0.3 is 0 Å². The first-order valence-corrected chi connectivity index (χ1v) is 8.49. The van der Waals surface area contributed by atoms with E-state index < -0.39 is 0 Å². The molecule has 122 valence electrons. The molecule has 2 rings (SSSR count). The van der Waals surface area contributed by atoms with Crippen LogP contribution in [0.1, 0.15) is 48.1 Å². The number of amides is 1. The van der Waals surface area contributed by atoms with E-state index in [1.54, 1.807) is 0 Å². The minimum absolute atomic E-state index is 0.0630. The number of benzene rings is 2. The highest BCUT2D eigenvalue weighted by molar-refractivity contribution is 6.31. The summed E-state index contributed by atoms with van der Waals surface area (Å²) in [5.41, 5.74) is 4.71. The normalized spacial score (nSPS) is 12.0. The quantitative estimate of drug-likeness (QED) is 0.779. The van der Waals surface area contributed by atoms with E-state index in [-0.39, 0.29) is 11.9 Å². The largest absolute Gasteiger partial charge is 0.349 e. The van der Waals surface area contributed by atoms with Crippen LogP contribution in [0.4, 0.5) is 0 Å². The average Bonchev–Trinajstić information content (AvgIpc) is 2.54. The minimum atomic E-state index is 0.0630. The van der Waals surface area contributed by atoms with Crippen molar-refractivity contribution < 1.29 is 4.79 Å². The maximum Gasteiger partial charge on any atom is 0.220 e. The van der Waals surface area contributed by atoms with Crippen molar-refractivity contribution in [3.63, 3.8) is 0 Å². The Bertz CT molecular complexity index is 681. The monoisotopic (exact) mass is 329 g/mol. The molecule has 1 atom stereocenters. The van der Waals surface area contributed by atoms with E-state index >= 15 is 0 Å². The Morgan fingerprint density at radius 3 is 2.52 bits per heavy atom. The van der Waals surface area contributed by atoms with Crippen molar-refractivity contribution in [2.75, 3.05) is 0 Å². The van der Waals surface area contributed by atoms with Gasteiger partial charge in [0.05, 0.1) is 6.04 Å². The molecule has 0 aliphatic carbocycles. The van der Waals surface area contributed by atoms with E-state index in [9.17, 15) is 4.79 Å².